The number of nitrogens with one attached hydrogen (secondary N) is 2. The Morgan fingerprint density at radius 1 is 1.00 bits per heavy atom. The molecule has 0 spiro atoms. The van der Waals surface area contributed by atoms with Gasteiger partial charge in [-0.1, -0.05) is 62.3 Å². The summed E-state index contributed by atoms with van der Waals surface area (Å²) in [6.45, 7) is 23.8. The molecule has 1 fully saturated rings. The number of pyridine rings is 1. The Morgan fingerprint density at radius 2 is 1.47 bits per heavy atom. The van der Waals surface area contributed by atoms with Crippen molar-refractivity contribution in [2.75, 3.05) is 20.1 Å². The van der Waals surface area contributed by atoms with Crippen molar-refractivity contribution in [2.45, 2.75) is 93.5 Å². The molecule has 2 rings (SSSR count). The fourth-order valence-electron chi connectivity index (χ4n) is 3.32. The van der Waals surface area contributed by atoms with E-state index in [1.165, 1.54) is 31.5 Å². The van der Waals surface area contributed by atoms with Crippen molar-refractivity contribution in [2.24, 2.45) is 16.7 Å². The lowest BCUT2D eigenvalue weighted by atomic mass is 9.76. The number of Topliss-reactive ketones (excluding diaryl/α,β-unsaturated/α-hetero) is 1. The van der Waals surface area contributed by atoms with E-state index in [4.69, 9.17) is 0 Å². The largest absolute Gasteiger partial charge is 0.317 e. The number of nitrogens with zero attached hydrogens (tertiary/aromatic N) is 1. The molecule has 0 saturated carbocycles. The van der Waals surface area contributed by atoms with Crippen LogP contribution in [0.3, 0.4) is 0 Å². The number of carbonyl (C=O) groups is 1. The van der Waals surface area contributed by atoms with E-state index < -0.39 is 0 Å². The topological polar surface area (TPSA) is 54.0 Å². The molecule has 1 aliphatic rings. The van der Waals surface area contributed by atoms with Crippen LogP contribution in [0.4, 0.5) is 0 Å². The Labute approximate surface area is 187 Å². The first-order valence-electron chi connectivity index (χ1n) is 11.4. The molecule has 0 unspecified atom stereocenters. The molecule has 1 aliphatic heterocycles. The van der Waals surface area contributed by atoms with Crippen molar-refractivity contribution in [1.29, 1.82) is 0 Å². The van der Waals surface area contributed by atoms with Gasteiger partial charge in [0.1, 0.15) is 0 Å². The first-order chi connectivity index (χ1) is 13.6. The van der Waals surface area contributed by atoms with Crippen LogP contribution in [0.15, 0.2) is 24.5 Å². The number of rotatable bonds is 2. The molecule has 0 amide bonds. The van der Waals surface area contributed by atoms with Crippen molar-refractivity contribution in [3.8, 4) is 0 Å². The third-order valence-corrected chi connectivity index (χ3v) is 5.68. The predicted octanol–water partition coefficient (Wildman–Crippen LogP) is 5.62. The highest BCUT2D eigenvalue weighted by atomic mass is 16.1. The molecule has 1 atom stereocenters. The molecular weight excluding hydrogens is 370 g/mol. The van der Waals surface area contributed by atoms with Gasteiger partial charge in [-0.15, -0.1) is 0 Å². The first kappa shape index (κ1) is 28.7. The molecule has 1 aromatic rings. The fourth-order valence-corrected chi connectivity index (χ4v) is 3.32. The summed E-state index contributed by atoms with van der Waals surface area (Å²) in [5.74, 6) is 1.20. The van der Waals surface area contributed by atoms with Crippen LogP contribution >= 0.6 is 0 Å². The van der Waals surface area contributed by atoms with Crippen LogP contribution in [0.25, 0.3) is 0 Å². The van der Waals surface area contributed by atoms with Gasteiger partial charge in [0.2, 0.25) is 0 Å². The maximum absolute atomic E-state index is 11.3. The fraction of sp³-hybridized carbons (Fsp3) is 0.769. The predicted molar refractivity (Wildman–Crippen MR) is 131 cm³/mol. The van der Waals surface area contributed by atoms with Crippen LogP contribution in [0.2, 0.25) is 0 Å². The van der Waals surface area contributed by atoms with Crippen molar-refractivity contribution >= 4 is 5.78 Å². The number of hydrogen-bond acceptors (Lipinski definition) is 4. The van der Waals surface area contributed by atoms with Crippen LogP contribution in [-0.2, 0) is 10.2 Å². The normalized spacial score (nSPS) is 16.5. The minimum atomic E-state index is -0.220. The molecule has 30 heavy (non-hydrogen) atoms. The van der Waals surface area contributed by atoms with Crippen molar-refractivity contribution < 1.29 is 4.79 Å². The number of hydrogen-bond donors (Lipinski definition) is 2. The molecule has 0 aliphatic carbocycles. The molecule has 1 aromatic heterocycles. The minimum absolute atomic E-state index is 0.0278. The second-order valence-electron chi connectivity index (χ2n) is 11.5. The third kappa shape index (κ3) is 11.8. The first-order valence-corrected chi connectivity index (χ1v) is 11.4. The number of aromatic nitrogens is 1. The second kappa shape index (κ2) is 12.6. The van der Waals surface area contributed by atoms with Gasteiger partial charge in [-0.2, -0.15) is 0 Å². The van der Waals surface area contributed by atoms with Gasteiger partial charge in [-0.3, -0.25) is 9.78 Å². The van der Waals surface area contributed by atoms with E-state index in [0.29, 0.717) is 5.41 Å². The SMILES string of the molecule is CC(C)(C)C1CCNCC1.CC(C)(C)c1ccncc1.CN[C@H](C)C(=O)C(C)(C)C. The van der Waals surface area contributed by atoms with E-state index in [1.54, 1.807) is 7.05 Å². The monoisotopic (exact) mass is 419 g/mol. The molecular formula is C26H49N3O. The minimum Gasteiger partial charge on any atom is -0.317 e. The quantitative estimate of drug-likeness (QED) is 0.653. The zero-order valence-corrected chi connectivity index (χ0v) is 21.6. The summed E-state index contributed by atoms with van der Waals surface area (Å²) in [6, 6.07) is 4.08. The molecule has 2 N–H and O–H groups in total. The summed E-state index contributed by atoms with van der Waals surface area (Å²) in [7, 11) is 1.80. The maximum Gasteiger partial charge on any atom is 0.154 e. The molecule has 4 nitrogen and oxygen atoms in total. The molecule has 0 bridgehead atoms. The zero-order chi connectivity index (χ0) is 23.6. The van der Waals surface area contributed by atoms with Crippen LogP contribution in [-0.4, -0.2) is 36.9 Å². The number of ketones is 1. The zero-order valence-electron chi connectivity index (χ0n) is 21.6. The van der Waals surface area contributed by atoms with Gasteiger partial charge in [-0.05, 0) is 74.3 Å². The second-order valence-corrected chi connectivity index (χ2v) is 11.5. The van der Waals surface area contributed by atoms with Gasteiger partial charge in [-0.25, -0.2) is 0 Å². The molecule has 2 heterocycles. The lowest BCUT2D eigenvalue weighted by Gasteiger charge is -2.34. The Kier molecular flexibility index (Phi) is 12.0. The number of piperidine rings is 1. The van der Waals surface area contributed by atoms with E-state index in [1.807, 2.05) is 40.1 Å². The Balaban J connectivity index is 0.000000420. The van der Waals surface area contributed by atoms with Gasteiger partial charge in [0, 0.05) is 17.8 Å². The summed E-state index contributed by atoms with van der Waals surface area (Å²) in [5, 5.41) is 6.31. The Hall–Kier alpha value is -1.26. The summed E-state index contributed by atoms with van der Waals surface area (Å²) in [6.07, 6.45) is 6.40. The highest BCUT2D eigenvalue weighted by molar-refractivity contribution is 5.88. The smallest absolute Gasteiger partial charge is 0.154 e. The molecule has 0 radical (unpaired) electrons. The maximum atomic E-state index is 11.3. The molecule has 1 saturated heterocycles. The summed E-state index contributed by atoms with van der Waals surface area (Å²) in [4.78, 5) is 15.3. The number of carbonyl (C=O) groups excluding carboxylic acids is 1. The lowest BCUT2D eigenvalue weighted by molar-refractivity contribution is -0.127. The van der Waals surface area contributed by atoms with Gasteiger partial charge < -0.3 is 10.6 Å². The van der Waals surface area contributed by atoms with Gasteiger partial charge in [0.25, 0.3) is 0 Å². The number of likely N-dealkylation sites (N-methyl/N-ethyl adjacent to an activating group) is 1. The summed E-state index contributed by atoms with van der Waals surface area (Å²) < 4.78 is 0. The summed E-state index contributed by atoms with van der Waals surface area (Å²) in [5.41, 5.74) is 1.90. The lowest BCUT2D eigenvalue weighted by Crippen LogP contribution is -2.38. The van der Waals surface area contributed by atoms with Crippen LogP contribution in [0, 0.1) is 16.7 Å². The summed E-state index contributed by atoms with van der Waals surface area (Å²) >= 11 is 0. The van der Waals surface area contributed by atoms with E-state index >= 15 is 0 Å². The highest BCUT2D eigenvalue weighted by Crippen LogP contribution is 2.32. The average Bonchev–Trinajstić information content (AvgIpc) is 2.67. The van der Waals surface area contributed by atoms with Gasteiger partial charge in [0.15, 0.2) is 5.78 Å². The van der Waals surface area contributed by atoms with Crippen molar-refractivity contribution in [1.82, 2.24) is 15.6 Å². The van der Waals surface area contributed by atoms with E-state index in [-0.39, 0.29) is 22.7 Å². The highest BCUT2D eigenvalue weighted by Gasteiger charge is 2.26. The van der Waals surface area contributed by atoms with E-state index in [0.717, 1.165) is 5.92 Å². The Bertz CT molecular complexity index is 585. The third-order valence-electron chi connectivity index (χ3n) is 5.68. The standard InChI is InChI=1S/C9H19N.C9H13N.C8H17NO/c2*1-9(2,3)8-4-6-10-7-5-8;1-6(9-5)7(10)8(2,3)4/h8,10H,4-7H2,1-3H3;4-7H,1-3H3;6,9H,1-5H3/t;;6-/m..1/s1. The van der Waals surface area contributed by atoms with Crippen molar-refractivity contribution in [3.63, 3.8) is 0 Å². The average molecular weight is 420 g/mol. The molecule has 174 valence electrons. The van der Waals surface area contributed by atoms with Crippen LogP contribution in [0.5, 0.6) is 0 Å². The van der Waals surface area contributed by atoms with Gasteiger partial charge in [0.05, 0.1) is 6.04 Å². The van der Waals surface area contributed by atoms with Crippen molar-refractivity contribution in [3.05, 3.63) is 30.1 Å². The van der Waals surface area contributed by atoms with E-state index in [2.05, 4.69) is 69.3 Å². The van der Waals surface area contributed by atoms with Crippen LogP contribution in [0.1, 0.15) is 87.6 Å². The van der Waals surface area contributed by atoms with Crippen LogP contribution < -0.4 is 10.6 Å². The van der Waals surface area contributed by atoms with E-state index in [9.17, 15) is 4.79 Å². The molecule has 0 aromatic carbocycles. The Morgan fingerprint density at radius 3 is 1.70 bits per heavy atom. The molecule has 4 heteroatoms. The van der Waals surface area contributed by atoms with Gasteiger partial charge >= 0.3 is 0 Å².